The predicted octanol–water partition coefficient (Wildman–Crippen LogP) is 2.89. The second kappa shape index (κ2) is 6.37. The van der Waals surface area contributed by atoms with E-state index in [1.165, 1.54) is 11.4 Å². The summed E-state index contributed by atoms with van der Waals surface area (Å²) in [6.45, 7) is 13.3. The summed E-state index contributed by atoms with van der Waals surface area (Å²) in [6, 6.07) is 2.28. The molecule has 0 aliphatic heterocycles. The van der Waals surface area contributed by atoms with Gasteiger partial charge in [-0.25, -0.2) is 0 Å². The Morgan fingerprint density at radius 3 is 2.44 bits per heavy atom. The van der Waals surface area contributed by atoms with Crippen LogP contribution in [0.3, 0.4) is 0 Å². The Labute approximate surface area is 112 Å². The van der Waals surface area contributed by atoms with E-state index in [1.54, 1.807) is 0 Å². The first-order valence-electron chi connectivity index (χ1n) is 7.12. The van der Waals surface area contributed by atoms with Crippen molar-refractivity contribution in [2.75, 3.05) is 13.6 Å². The van der Waals surface area contributed by atoms with Crippen LogP contribution in [-0.2, 0) is 19.4 Å². The second-order valence-corrected chi connectivity index (χ2v) is 6.12. The average molecular weight is 251 g/mol. The van der Waals surface area contributed by atoms with E-state index in [0.717, 1.165) is 25.9 Å². The first-order valence-corrected chi connectivity index (χ1v) is 7.12. The number of aryl methyl sites for hydroxylation is 2. The molecular weight excluding hydrogens is 222 g/mol. The summed E-state index contributed by atoms with van der Waals surface area (Å²) in [5, 5.41) is 7.96. The van der Waals surface area contributed by atoms with E-state index in [9.17, 15) is 0 Å². The quantitative estimate of drug-likeness (QED) is 0.842. The Hall–Kier alpha value is -0.830. The van der Waals surface area contributed by atoms with Gasteiger partial charge in [0.2, 0.25) is 0 Å². The maximum absolute atomic E-state index is 4.64. The molecule has 0 bridgehead atoms. The fourth-order valence-corrected chi connectivity index (χ4v) is 2.31. The normalized spacial score (nSPS) is 13.9. The zero-order valence-electron chi connectivity index (χ0n) is 12.9. The van der Waals surface area contributed by atoms with Crippen LogP contribution in [0.5, 0.6) is 0 Å². The van der Waals surface area contributed by atoms with Crippen LogP contribution in [0.25, 0.3) is 0 Å². The number of hydrogen-bond acceptors (Lipinski definition) is 2. The summed E-state index contributed by atoms with van der Waals surface area (Å²) in [4.78, 5) is 0. The van der Waals surface area contributed by atoms with Crippen molar-refractivity contribution in [3.63, 3.8) is 0 Å². The summed E-state index contributed by atoms with van der Waals surface area (Å²) in [5.41, 5.74) is 2.91. The predicted molar refractivity (Wildman–Crippen MR) is 77.9 cm³/mol. The molecule has 0 saturated carbocycles. The van der Waals surface area contributed by atoms with Gasteiger partial charge in [0, 0.05) is 12.2 Å². The van der Waals surface area contributed by atoms with Crippen molar-refractivity contribution in [3.05, 3.63) is 17.5 Å². The topological polar surface area (TPSA) is 29.9 Å². The van der Waals surface area contributed by atoms with E-state index in [-0.39, 0.29) is 0 Å². The highest BCUT2D eigenvalue weighted by atomic mass is 15.3. The maximum Gasteiger partial charge on any atom is 0.0624 e. The highest BCUT2D eigenvalue weighted by Crippen LogP contribution is 2.28. The molecule has 104 valence electrons. The van der Waals surface area contributed by atoms with Crippen LogP contribution in [0, 0.1) is 11.3 Å². The summed E-state index contributed by atoms with van der Waals surface area (Å²) in [5.74, 6) is 0.634. The molecule has 1 aromatic heterocycles. The zero-order valence-corrected chi connectivity index (χ0v) is 12.9. The fraction of sp³-hybridized carbons (Fsp3) is 0.800. The van der Waals surface area contributed by atoms with E-state index < -0.39 is 0 Å². The molecule has 0 aromatic carbocycles. The van der Waals surface area contributed by atoms with Crippen LogP contribution >= 0.6 is 0 Å². The van der Waals surface area contributed by atoms with Crippen LogP contribution in [0.2, 0.25) is 0 Å². The number of aromatic nitrogens is 2. The molecule has 1 aromatic rings. The molecule has 1 atom stereocenters. The monoisotopic (exact) mass is 251 g/mol. The van der Waals surface area contributed by atoms with Gasteiger partial charge in [0.05, 0.1) is 5.69 Å². The van der Waals surface area contributed by atoms with E-state index in [1.807, 2.05) is 7.05 Å². The number of nitrogens with zero attached hydrogens (tertiary/aromatic N) is 2. The van der Waals surface area contributed by atoms with Crippen LogP contribution in [0.4, 0.5) is 0 Å². The van der Waals surface area contributed by atoms with Crippen LogP contribution in [0.1, 0.15) is 46.0 Å². The van der Waals surface area contributed by atoms with Gasteiger partial charge in [0.15, 0.2) is 0 Å². The number of rotatable bonds is 6. The lowest BCUT2D eigenvalue weighted by Crippen LogP contribution is -2.32. The summed E-state index contributed by atoms with van der Waals surface area (Å²) < 4.78 is 2.16. The highest BCUT2D eigenvalue weighted by molar-refractivity contribution is 5.12. The van der Waals surface area contributed by atoms with Gasteiger partial charge in [-0.3, -0.25) is 4.68 Å². The van der Waals surface area contributed by atoms with E-state index in [4.69, 9.17) is 0 Å². The van der Waals surface area contributed by atoms with Crippen LogP contribution in [-0.4, -0.2) is 23.4 Å². The molecule has 1 unspecified atom stereocenters. The third-order valence-electron chi connectivity index (χ3n) is 3.71. The SMILES string of the molecule is CCc1cc(CC(CNC)C(C)(C)C)n(CC)n1. The first kappa shape index (κ1) is 15.2. The minimum atomic E-state index is 0.318. The molecule has 1 rings (SSSR count). The lowest BCUT2D eigenvalue weighted by Gasteiger charge is -2.30. The van der Waals surface area contributed by atoms with E-state index in [2.05, 4.69) is 55.8 Å². The molecular formula is C15H29N3. The smallest absolute Gasteiger partial charge is 0.0624 e. The highest BCUT2D eigenvalue weighted by Gasteiger charge is 2.25. The van der Waals surface area contributed by atoms with Crippen molar-refractivity contribution < 1.29 is 0 Å². The van der Waals surface area contributed by atoms with Crippen molar-refractivity contribution in [1.82, 2.24) is 15.1 Å². The van der Waals surface area contributed by atoms with E-state index >= 15 is 0 Å². The molecule has 3 heteroatoms. The molecule has 1 heterocycles. The lowest BCUT2D eigenvalue weighted by atomic mass is 9.78. The Bertz CT molecular complexity index is 360. The lowest BCUT2D eigenvalue weighted by molar-refractivity contribution is 0.231. The van der Waals surface area contributed by atoms with Crippen molar-refractivity contribution >= 4 is 0 Å². The van der Waals surface area contributed by atoms with Gasteiger partial charge in [0.1, 0.15) is 0 Å². The minimum Gasteiger partial charge on any atom is -0.319 e. The Morgan fingerprint density at radius 1 is 1.33 bits per heavy atom. The van der Waals surface area contributed by atoms with Gasteiger partial charge >= 0.3 is 0 Å². The maximum atomic E-state index is 4.64. The third-order valence-corrected chi connectivity index (χ3v) is 3.71. The van der Waals surface area contributed by atoms with Gasteiger partial charge in [-0.1, -0.05) is 27.7 Å². The molecule has 0 aliphatic carbocycles. The molecule has 0 fully saturated rings. The Kier molecular flexibility index (Phi) is 5.39. The van der Waals surface area contributed by atoms with Crippen molar-refractivity contribution in [3.8, 4) is 0 Å². The molecule has 0 amide bonds. The van der Waals surface area contributed by atoms with Gasteiger partial charge in [0.25, 0.3) is 0 Å². The summed E-state index contributed by atoms with van der Waals surface area (Å²) >= 11 is 0. The molecule has 0 spiro atoms. The van der Waals surface area contributed by atoms with Gasteiger partial charge in [-0.2, -0.15) is 5.10 Å². The molecule has 0 radical (unpaired) electrons. The average Bonchev–Trinajstić information content (AvgIpc) is 2.69. The van der Waals surface area contributed by atoms with Crippen molar-refractivity contribution in [2.45, 2.75) is 54.0 Å². The Morgan fingerprint density at radius 2 is 2.00 bits per heavy atom. The van der Waals surface area contributed by atoms with Gasteiger partial charge in [-0.15, -0.1) is 0 Å². The van der Waals surface area contributed by atoms with Gasteiger partial charge < -0.3 is 5.32 Å². The van der Waals surface area contributed by atoms with Crippen LogP contribution in [0.15, 0.2) is 6.07 Å². The second-order valence-electron chi connectivity index (χ2n) is 6.12. The molecule has 1 N–H and O–H groups in total. The Balaban J connectivity index is 2.89. The molecule has 0 saturated heterocycles. The number of hydrogen-bond donors (Lipinski definition) is 1. The third kappa shape index (κ3) is 3.84. The van der Waals surface area contributed by atoms with Gasteiger partial charge in [-0.05, 0) is 50.8 Å². The number of nitrogens with one attached hydrogen (secondary N) is 1. The summed E-state index contributed by atoms with van der Waals surface area (Å²) in [6.07, 6.45) is 2.12. The largest absolute Gasteiger partial charge is 0.319 e. The first-order chi connectivity index (χ1) is 8.42. The van der Waals surface area contributed by atoms with E-state index in [0.29, 0.717) is 11.3 Å². The minimum absolute atomic E-state index is 0.318. The molecule has 3 nitrogen and oxygen atoms in total. The molecule has 18 heavy (non-hydrogen) atoms. The summed E-state index contributed by atoms with van der Waals surface area (Å²) in [7, 11) is 2.04. The molecule has 0 aliphatic rings. The van der Waals surface area contributed by atoms with Crippen LogP contribution < -0.4 is 5.32 Å². The fourth-order valence-electron chi connectivity index (χ4n) is 2.31. The van der Waals surface area contributed by atoms with Crippen molar-refractivity contribution in [1.29, 1.82) is 0 Å². The standard InChI is InChI=1S/C15H29N3/c1-7-13-10-14(18(8-2)17-13)9-12(11-16-6)15(3,4)5/h10,12,16H,7-9,11H2,1-6H3. The zero-order chi connectivity index (χ0) is 13.8. The van der Waals surface area contributed by atoms with Crippen molar-refractivity contribution in [2.24, 2.45) is 11.3 Å².